The van der Waals surface area contributed by atoms with Crippen molar-refractivity contribution in [2.45, 2.75) is 31.7 Å². The minimum Gasteiger partial charge on any atom is -0.459 e. The van der Waals surface area contributed by atoms with Crippen molar-refractivity contribution in [3.8, 4) is 0 Å². The van der Waals surface area contributed by atoms with Gasteiger partial charge in [0, 0.05) is 0 Å². The van der Waals surface area contributed by atoms with Gasteiger partial charge in [-0.15, -0.1) is 0 Å². The Balaban J connectivity index is 1.40. The molecule has 3 nitrogen and oxygen atoms in total. The van der Waals surface area contributed by atoms with Crippen LogP contribution < -0.4 is 0 Å². The van der Waals surface area contributed by atoms with E-state index in [4.69, 9.17) is 9.47 Å². The SMILES string of the molecule is O=C(OCc1ccccc1)[C@H]1O[C@@H]1CCc1ccccc1. The second-order valence-corrected chi connectivity index (χ2v) is 5.21. The summed E-state index contributed by atoms with van der Waals surface area (Å²) in [4.78, 5) is 11.9. The fraction of sp³-hybridized carbons (Fsp3) is 0.278. The first-order valence-corrected chi connectivity index (χ1v) is 7.23. The van der Waals surface area contributed by atoms with Gasteiger partial charge in [-0.05, 0) is 24.0 Å². The lowest BCUT2D eigenvalue weighted by atomic mass is 10.1. The average molecular weight is 282 g/mol. The molecule has 3 heteroatoms. The standard InChI is InChI=1S/C18H18O3/c19-18(20-13-15-9-5-2-6-10-15)17-16(21-17)12-11-14-7-3-1-4-8-14/h1-10,16-17H,11-13H2/t16-,17+/m1/s1. The molecular formula is C18H18O3. The number of esters is 1. The van der Waals surface area contributed by atoms with Crippen LogP contribution in [-0.2, 0) is 27.3 Å². The van der Waals surface area contributed by atoms with E-state index in [1.54, 1.807) is 0 Å². The summed E-state index contributed by atoms with van der Waals surface area (Å²) in [7, 11) is 0. The van der Waals surface area contributed by atoms with Crippen molar-refractivity contribution < 1.29 is 14.3 Å². The summed E-state index contributed by atoms with van der Waals surface area (Å²) < 4.78 is 10.7. The lowest BCUT2D eigenvalue weighted by Crippen LogP contribution is -2.14. The fourth-order valence-corrected chi connectivity index (χ4v) is 2.33. The van der Waals surface area contributed by atoms with Gasteiger partial charge in [0.25, 0.3) is 0 Å². The lowest BCUT2D eigenvalue weighted by Gasteiger charge is -2.02. The monoisotopic (exact) mass is 282 g/mol. The van der Waals surface area contributed by atoms with Gasteiger partial charge in [-0.2, -0.15) is 0 Å². The highest BCUT2D eigenvalue weighted by atomic mass is 16.6. The summed E-state index contributed by atoms with van der Waals surface area (Å²) in [5.41, 5.74) is 2.26. The molecule has 1 heterocycles. The van der Waals surface area contributed by atoms with Gasteiger partial charge in [0.1, 0.15) is 6.61 Å². The molecule has 0 spiro atoms. The summed E-state index contributed by atoms with van der Waals surface area (Å²) in [5, 5.41) is 0. The summed E-state index contributed by atoms with van der Waals surface area (Å²) >= 11 is 0. The Morgan fingerprint density at radius 2 is 1.57 bits per heavy atom. The molecule has 1 aliphatic heterocycles. The molecule has 1 aliphatic rings. The molecule has 2 atom stereocenters. The summed E-state index contributed by atoms with van der Waals surface area (Å²) in [6, 6.07) is 19.9. The number of hydrogen-bond donors (Lipinski definition) is 0. The predicted octanol–water partition coefficient (Wildman–Crippen LogP) is 3.13. The molecule has 0 unspecified atom stereocenters. The van der Waals surface area contributed by atoms with Crippen molar-refractivity contribution in [3.05, 3.63) is 71.8 Å². The highest BCUT2D eigenvalue weighted by Crippen LogP contribution is 2.28. The van der Waals surface area contributed by atoms with E-state index in [1.165, 1.54) is 5.56 Å². The van der Waals surface area contributed by atoms with E-state index in [0.717, 1.165) is 18.4 Å². The Bertz CT molecular complexity index is 580. The van der Waals surface area contributed by atoms with Crippen LogP contribution in [0, 0.1) is 0 Å². The van der Waals surface area contributed by atoms with Crippen molar-refractivity contribution in [1.29, 1.82) is 0 Å². The van der Waals surface area contributed by atoms with Gasteiger partial charge >= 0.3 is 5.97 Å². The number of carbonyl (C=O) groups excluding carboxylic acids is 1. The van der Waals surface area contributed by atoms with E-state index in [0.29, 0.717) is 6.61 Å². The highest BCUT2D eigenvalue weighted by Gasteiger charge is 2.45. The van der Waals surface area contributed by atoms with Gasteiger partial charge in [0.05, 0.1) is 6.10 Å². The fourth-order valence-electron chi connectivity index (χ4n) is 2.33. The maximum Gasteiger partial charge on any atom is 0.338 e. The maximum absolute atomic E-state index is 11.9. The van der Waals surface area contributed by atoms with Crippen LogP contribution in [0.1, 0.15) is 17.5 Å². The predicted molar refractivity (Wildman–Crippen MR) is 79.7 cm³/mol. The van der Waals surface area contributed by atoms with Crippen molar-refractivity contribution >= 4 is 5.97 Å². The molecule has 1 fully saturated rings. The second-order valence-electron chi connectivity index (χ2n) is 5.21. The van der Waals surface area contributed by atoms with Crippen LogP contribution in [0.15, 0.2) is 60.7 Å². The van der Waals surface area contributed by atoms with Gasteiger partial charge in [-0.1, -0.05) is 60.7 Å². The van der Waals surface area contributed by atoms with Crippen LogP contribution in [0.25, 0.3) is 0 Å². The number of carbonyl (C=O) groups is 1. The van der Waals surface area contributed by atoms with Gasteiger partial charge in [0.2, 0.25) is 0 Å². The van der Waals surface area contributed by atoms with E-state index in [2.05, 4.69) is 12.1 Å². The minimum atomic E-state index is -0.377. The molecule has 2 aromatic rings. The van der Waals surface area contributed by atoms with Gasteiger partial charge in [-0.3, -0.25) is 0 Å². The molecule has 108 valence electrons. The first kappa shape index (κ1) is 13.8. The molecule has 2 aromatic carbocycles. The van der Waals surface area contributed by atoms with Crippen LogP contribution in [0.2, 0.25) is 0 Å². The average Bonchev–Trinajstić information content (AvgIpc) is 3.32. The summed E-state index contributed by atoms with van der Waals surface area (Å²) in [6.45, 7) is 0.310. The van der Waals surface area contributed by atoms with Gasteiger partial charge < -0.3 is 9.47 Å². The van der Waals surface area contributed by atoms with Crippen LogP contribution in [0.3, 0.4) is 0 Å². The maximum atomic E-state index is 11.9. The molecule has 1 saturated heterocycles. The highest BCUT2D eigenvalue weighted by molar-refractivity contribution is 5.78. The first-order chi connectivity index (χ1) is 10.3. The van der Waals surface area contributed by atoms with E-state index >= 15 is 0 Å². The number of aryl methyl sites for hydroxylation is 1. The molecule has 0 radical (unpaired) electrons. The molecule has 0 N–H and O–H groups in total. The third-order valence-corrected chi connectivity index (χ3v) is 3.60. The van der Waals surface area contributed by atoms with Gasteiger partial charge in [-0.25, -0.2) is 4.79 Å². The van der Waals surface area contributed by atoms with E-state index in [1.807, 2.05) is 48.5 Å². The number of rotatable bonds is 6. The number of epoxide rings is 1. The Morgan fingerprint density at radius 3 is 2.24 bits per heavy atom. The molecular weight excluding hydrogens is 264 g/mol. The third-order valence-electron chi connectivity index (χ3n) is 3.60. The van der Waals surface area contributed by atoms with Crippen LogP contribution in [0.4, 0.5) is 0 Å². The molecule has 21 heavy (non-hydrogen) atoms. The number of ether oxygens (including phenoxy) is 2. The number of benzene rings is 2. The molecule has 0 amide bonds. The van der Waals surface area contributed by atoms with Crippen LogP contribution in [-0.4, -0.2) is 18.2 Å². The zero-order valence-corrected chi connectivity index (χ0v) is 11.8. The van der Waals surface area contributed by atoms with Crippen molar-refractivity contribution in [3.63, 3.8) is 0 Å². The smallest absolute Gasteiger partial charge is 0.338 e. The third kappa shape index (κ3) is 3.92. The van der Waals surface area contributed by atoms with Crippen molar-refractivity contribution in [1.82, 2.24) is 0 Å². The van der Waals surface area contributed by atoms with E-state index in [-0.39, 0.29) is 18.2 Å². The summed E-state index contributed by atoms with van der Waals surface area (Å²) in [6.07, 6.45) is 1.41. The van der Waals surface area contributed by atoms with Crippen molar-refractivity contribution in [2.24, 2.45) is 0 Å². The lowest BCUT2D eigenvalue weighted by molar-refractivity contribution is -0.146. The molecule has 0 aliphatic carbocycles. The largest absolute Gasteiger partial charge is 0.459 e. The molecule has 3 rings (SSSR count). The summed E-state index contributed by atoms with van der Waals surface area (Å²) in [5.74, 6) is -0.253. The Kier molecular flexibility index (Phi) is 4.31. The molecule has 0 aromatic heterocycles. The second kappa shape index (κ2) is 6.55. The topological polar surface area (TPSA) is 38.8 Å². The Morgan fingerprint density at radius 1 is 0.952 bits per heavy atom. The van der Waals surface area contributed by atoms with Crippen molar-refractivity contribution in [2.75, 3.05) is 0 Å². The van der Waals surface area contributed by atoms with E-state index < -0.39 is 0 Å². The van der Waals surface area contributed by atoms with Crippen LogP contribution in [0.5, 0.6) is 0 Å². The Labute approximate surface area is 124 Å². The number of hydrogen-bond acceptors (Lipinski definition) is 3. The quantitative estimate of drug-likeness (QED) is 0.603. The van der Waals surface area contributed by atoms with E-state index in [9.17, 15) is 4.79 Å². The Hall–Kier alpha value is -2.13. The zero-order valence-electron chi connectivity index (χ0n) is 11.8. The first-order valence-electron chi connectivity index (χ1n) is 7.23. The minimum absolute atomic E-state index is 0.00785. The normalized spacial score (nSPS) is 20.0. The molecule has 0 saturated carbocycles. The molecule has 0 bridgehead atoms. The van der Waals surface area contributed by atoms with Crippen LogP contribution >= 0.6 is 0 Å². The van der Waals surface area contributed by atoms with Gasteiger partial charge in [0.15, 0.2) is 6.10 Å². The zero-order chi connectivity index (χ0) is 14.5.